The van der Waals surface area contributed by atoms with Crippen molar-refractivity contribution >= 4 is 28.9 Å². The Morgan fingerprint density at radius 1 is 1.00 bits per heavy atom. The number of carbonyl (C=O) groups excluding carboxylic acids is 2. The lowest BCUT2D eigenvalue weighted by Crippen LogP contribution is -2.41. The fourth-order valence-corrected chi connectivity index (χ4v) is 3.62. The van der Waals surface area contributed by atoms with Gasteiger partial charge in [-0.2, -0.15) is 5.10 Å². The van der Waals surface area contributed by atoms with E-state index in [0.29, 0.717) is 17.7 Å². The van der Waals surface area contributed by atoms with E-state index < -0.39 is 16.7 Å². The maximum Gasteiger partial charge on any atom is 0.305 e. The van der Waals surface area contributed by atoms with Crippen LogP contribution in [0.4, 0.5) is 11.4 Å². The normalized spacial score (nSPS) is 13.8. The maximum atomic E-state index is 12.7. The third-order valence-corrected chi connectivity index (χ3v) is 5.26. The summed E-state index contributed by atoms with van der Waals surface area (Å²) in [6.45, 7) is 1.78. The molecule has 2 amide bonds. The topological polar surface area (TPSA) is 139 Å². The zero-order valence-corrected chi connectivity index (χ0v) is 17.8. The lowest BCUT2D eigenvalue weighted by molar-refractivity contribution is -0.384. The third-order valence-electron chi connectivity index (χ3n) is 5.26. The first kappa shape index (κ1) is 21.8. The molecule has 2 aromatic carbocycles. The summed E-state index contributed by atoms with van der Waals surface area (Å²) in [6.07, 6.45) is 2.27. The molecule has 0 radical (unpaired) electrons. The minimum absolute atomic E-state index is 0.0957. The van der Waals surface area contributed by atoms with Crippen LogP contribution in [0.25, 0.3) is 0 Å². The maximum absolute atomic E-state index is 12.7. The molecule has 0 unspecified atom stereocenters. The van der Waals surface area contributed by atoms with Crippen LogP contribution in [0.2, 0.25) is 0 Å². The van der Waals surface area contributed by atoms with E-state index in [1.807, 2.05) is 30.3 Å². The van der Waals surface area contributed by atoms with E-state index in [1.54, 1.807) is 6.92 Å². The minimum atomic E-state index is -0.610. The van der Waals surface area contributed by atoms with Crippen molar-refractivity contribution in [3.63, 3.8) is 0 Å². The molecule has 0 fully saturated rings. The van der Waals surface area contributed by atoms with E-state index in [-0.39, 0.29) is 17.0 Å². The summed E-state index contributed by atoms with van der Waals surface area (Å²) < 4.78 is 5.81. The lowest BCUT2D eigenvalue weighted by Gasteiger charge is -2.13. The van der Waals surface area contributed by atoms with Crippen LogP contribution in [0, 0.1) is 17.0 Å². The molecule has 0 saturated carbocycles. The zero-order valence-electron chi connectivity index (χ0n) is 17.8. The number of anilines is 1. The molecule has 10 heteroatoms. The van der Waals surface area contributed by atoms with Gasteiger partial charge in [0.15, 0.2) is 5.76 Å². The molecule has 0 saturated heterocycles. The quantitative estimate of drug-likeness (QED) is 0.402. The van der Waals surface area contributed by atoms with E-state index in [1.165, 1.54) is 24.3 Å². The van der Waals surface area contributed by atoms with Gasteiger partial charge in [-0.3, -0.25) is 36.0 Å². The standard InChI is InChI=1S/C23H21N5O5/c1-14-20-18(25-24-16-6-3-2-4-7-16)8-5-9-19(20)33-21(14)23(30)27-26-22(29)15-10-12-17(13-11-15)28(31)32/h2-4,6-7,10-13,24H,5,8-9H2,1H3,(H,26,29)(H,27,30)/b25-18+. The molecule has 1 aliphatic carbocycles. The number of carbonyl (C=O) groups is 2. The summed E-state index contributed by atoms with van der Waals surface area (Å²) in [5.74, 6) is -0.438. The van der Waals surface area contributed by atoms with Crippen LogP contribution < -0.4 is 16.3 Å². The second-order valence-corrected chi connectivity index (χ2v) is 7.46. The predicted octanol–water partition coefficient (Wildman–Crippen LogP) is 3.72. The number of nitrogens with one attached hydrogen (secondary N) is 3. The molecule has 0 spiro atoms. The SMILES string of the molecule is Cc1c(C(=O)NNC(=O)c2ccc([N+](=O)[O-])cc2)oc2c1/C(=N/Nc1ccccc1)CCC2. The average Bonchev–Trinajstić information content (AvgIpc) is 3.18. The number of furan rings is 1. The van der Waals surface area contributed by atoms with Crippen LogP contribution in [0.5, 0.6) is 0 Å². The first-order valence-corrected chi connectivity index (χ1v) is 10.3. The van der Waals surface area contributed by atoms with Crippen molar-refractivity contribution in [1.82, 2.24) is 10.9 Å². The number of hydrazine groups is 1. The number of aryl methyl sites for hydroxylation is 1. The second-order valence-electron chi connectivity index (χ2n) is 7.46. The van der Waals surface area contributed by atoms with Crippen molar-refractivity contribution in [1.29, 1.82) is 0 Å². The van der Waals surface area contributed by atoms with Gasteiger partial charge in [-0.15, -0.1) is 0 Å². The summed E-state index contributed by atoms with van der Waals surface area (Å²) in [6, 6.07) is 14.6. The predicted molar refractivity (Wildman–Crippen MR) is 121 cm³/mol. The van der Waals surface area contributed by atoms with Gasteiger partial charge in [0, 0.05) is 35.2 Å². The molecule has 0 aliphatic heterocycles. The van der Waals surface area contributed by atoms with Gasteiger partial charge in [0.1, 0.15) is 5.76 Å². The number of nitro benzene ring substituents is 1. The number of fused-ring (bicyclic) bond motifs is 1. The van der Waals surface area contributed by atoms with Crippen LogP contribution >= 0.6 is 0 Å². The van der Waals surface area contributed by atoms with E-state index in [0.717, 1.165) is 29.8 Å². The Morgan fingerprint density at radius 3 is 2.39 bits per heavy atom. The third kappa shape index (κ3) is 4.74. The van der Waals surface area contributed by atoms with Gasteiger partial charge >= 0.3 is 5.91 Å². The first-order chi connectivity index (χ1) is 15.9. The molecule has 3 N–H and O–H groups in total. The van der Waals surface area contributed by atoms with Gasteiger partial charge in [-0.1, -0.05) is 18.2 Å². The smallest absolute Gasteiger partial charge is 0.305 e. The number of nitrogens with zero attached hydrogens (tertiary/aromatic N) is 2. The van der Waals surface area contributed by atoms with Gasteiger partial charge in [0.25, 0.3) is 11.6 Å². The highest BCUT2D eigenvalue weighted by molar-refractivity contribution is 6.07. The molecule has 4 rings (SSSR count). The van der Waals surface area contributed by atoms with Crippen molar-refractivity contribution in [3.05, 3.63) is 92.9 Å². The Balaban J connectivity index is 1.46. The number of benzene rings is 2. The van der Waals surface area contributed by atoms with Gasteiger partial charge in [0.2, 0.25) is 0 Å². The largest absolute Gasteiger partial charge is 0.455 e. The Kier molecular flexibility index (Phi) is 6.16. The molecule has 1 aliphatic rings. The monoisotopic (exact) mass is 447 g/mol. The van der Waals surface area contributed by atoms with Gasteiger partial charge in [-0.25, -0.2) is 0 Å². The number of hydrogen-bond donors (Lipinski definition) is 3. The number of nitro groups is 1. The van der Waals surface area contributed by atoms with E-state index in [4.69, 9.17) is 4.42 Å². The Morgan fingerprint density at radius 2 is 1.70 bits per heavy atom. The summed E-state index contributed by atoms with van der Waals surface area (Å²) >= 11 is 0. The lowest BCUT2D eigenvalue weighted by atomic mass is 9.93. The van der Waals surface area contributed by atoms with Crippen LogP contribution in [-0.4, -0.2) is 22.4 Å². The highest BCUT2D eigenvalue weighted by atomic mass is 16.6. The Bertz CT molecular complexity index is 1230. The molecule has 10 nitrogen and oxygen atoms in total. The Labute approximate surface area is 188 Å². The molecule has 1 aromatic heterocycles. The number of rotatable bonds is 5. The van der Waals surface area contributed by atoms with Crippen LogP contribution in [0.15, 0.2) is 64.1 Å². The van der Waals surface area contributed by atoms with Gasteiger partial charge in [-0.05, 0) is 44.0 Å². The fourth-order valence-electron chi connectivity index (χ4n) is 3.62. The van der Waals surface area contributed by atoms with Crippen LogP contribution in [0.1, 0.15) is 50.6 Å². The summed E-state index contributed by atoms with van der Waals surface area (Å²) in [5, 5.41) is 15.2. The van der Waals surface area contributed by atoms with Gasteiger partial charge < -0.3 is 4.42 Å². The van der Waals surface area contributed by atoms with E-state index in [9.17, 15) is 19.7 Å². The first-order valence-electron chi connectivity index (χ1n) is 10.3. The highest BCUT2D eigenvalue weighted by Crippen LogP contribution is 2.30. The highest BCUT2D eigenvalue weighted by Gasteiger charge is 2.28. The van der Waals surface area contributed by atoms with E-state index >= 15 is 0 Å². The van der Waals surface area contributed by atoms with Gasteiger partial charge in [0.05, 0.1) is 16.3 Å². The van der Waals surface area contributed by atoms with Crippen molar-refractivity contribution in [3.8, 4) is 0 Å². The number of para-hydroxylation sites is 1. The molecule has 0 bridgehead atoms. The van der Waals surface area contributed by atoms with Crippen molar-refractivity contribution < 1.29 is 18.9 Å². The average molecular weight is 447 g/mol. The van der Waals surface area contributed by atoms with Crippen molar-refractivity contribution in [2.45, 2.75) is 26.2 Å². The molecule has 168 valence electrons. The fraction of sp³-hybridized carbons (Fsp3) is 0.174. The van der Waals surface area contributed by atoms with Crippen LogP contribution in [0.3, 0.4) is 0 Å². The molecular formula is C23H21N5O5. The van der Waals surface area contributed by atoms with Crippen molar-refractivity contribution in [2.24, 2.45) is 5.10 Å². The van der Waals surface area contributed by atoms with Crippen molar-refractivity contribution in [2.75, 3.05) is 5.43 Å². The Hall–Kier alpha value is -4.47. The molecular weight excluding hydrogens is 426 g/mol. The summed E-state index contributed by atoms with van der Waals surface area (Å²) in [7, 11) is 0. The number of non-ortho nitro benzene ring substituents is 1. The molecule has 0 atom stereocenters. The summed E-state index contributed by atoms with van der Waals surface area (Å²) in [5.41, 5.74) is 10.8. The minimum Gasteiger partial charge on any atom is -0.455 e. The number of hydrogen-bond acceptors (Lipinski definition) is 7. The zero-order chi connectivity index (χ0) is 23.4. The molecule has 1 heterocycles. The molecule has 33 heavy (non-hydrogen) atoms. The number of hydrazone groups is 1. The second kappa shape index (κ2) is 9.35. The number of amides is 2. The summed E-state index contributed by atoms with van der Waals surface area (Å²) in [4.78, 5) is 35.1. The molecule has 3 aromatic rings. The van der Waals surface area contributed by atoms with E-state index in [2.05, 4.69) is 21.4 Å². The van der Waals surface area contributed by atoms with Crippen LogP contribution in [-0.2, 0) is 6.42 Å².